The Balaban J connectivity index is 1.42. The number of piperidine rings is 1. The van der Waals surface area contributed by atoms with Crippen LogP contribution in [-0.2, 0) is 14.3 Å². The van der Waals surface area contributed by atoms with Crippen LogP contribution in [0.2, 0.25) is 0 Å². The van der Waals surface area contributed by atoms with Crippen LogP contribution in [0, 0.1) is 11.8 Å². The first-order chi connectivity index (χ1) is 15.5. The number of hydrogen-bond acceptors (Lipinski definition) is 5. The number of ether oxygens (including phenoxy) is 2. The molecule has 7 heteroatoms. The molecule has 32 heavy (non-hydrogen) atoms. The van der Waals surface area contributed by atoms with Crippen molar-refractivity contribution in [2.24, 2.45) is 11.8 Å². The van der Waals surface area contributed by atoms with Crippen LogP contribution in [-0.4, -0.2) is 62.9 Å². The first-order valence-corrected chi connectivity index (χ1v) is 12.1. The molecule has 2 amide bonds. The fourth-order valence-corrected chi connectivity index (χ4v) is 4.59. The van der Waals surface area contributed by atoms with E-state index in [2.05, 4.69) is 22.3 Å². The Morgan fingerprint density at radius 2 is 2.00 bits per heavy atom. The molecule has 1 unspecified atom stereocenters. The Bertz CT molecular complexity index is 704. The summed E-state index contributed by atoms with van der Waals surface area (Å²) >= 11 is 0. The number of benzene rings is 1. The predicted molar refractivity (Wildman–Crippen MR) is 127 cm³/mol. The number of amides is 2. The molecule has 2 aliphatic rings. The van der Waals surface area contributed by atoms with Gasteiger partial charge in [0.15, 0.2) is 0 Å². The summed E-state index contributed by atoms with van der Waals surface area (Å²) in [6.45, 7) is 8.91. The van der Waals surface area contributed by atoms with Gasteiger partial charge in [-0.1, -0.05) is 13.8 Å². The van der Waals surface area contributed by atoms with E-state index in [1.54, 1.807) is 0 Å². The molecule has 1 N–H and O–H groups in total. The number of hydrogen-bond donors (Lipinski definition) is 1. The van der Waals surface area contributed by atoms with Crippen molar-refractivity contribution < 1.29 is 19.1 Å². The Morgan fingerprint density at radius 3 is 2.69 bits per heavy atom. The summed E-state index contributed by atoms with van der Waals surface area (Å²) in [4.78, 5) is 27.8. The Morgan fingerprint density at radius 1 is 1.25 bits per heavy atom. The second-order valence-corrected chi connectivity index (χ2v) is 9.45. The van der Waals surface area contributed by atoms with Crippen molar-refractivity contribution in [3.8, 4) is 0 Å². The van der Waals surface area contributed by atoms with E-state index in [9.17, 15) is 9.59 Å². The van der Waals surface area contributed by atoms with Gasteiger partial charge in [-0.3, -0.25) is 10.1 Å². The van der Waals surface area contributed by atoms with E-state index >= 15 is 0 Å². The largest absolute Gasteiger partial charge is 0.449 e. The van der Waals surface area contributed by atoms with Crippen LogP contribution < -0.4 is 10.2 Å². The van der Waals surface area contributed by atoms with Crippen LogP contribution in [0.4, 0.5) is 16.2 Å². The van der Waals surface area contributed by atoms with Gasteiger partial charge in [0.05, 0.1) is 6.61 Å². The zero-order valence-electron chi connectivity index (χ0n) is 19.6. The lowest BCUT2D eigenvalue weighted by Crippen LogP contribution is -2.39. The van der Waals surface area contributed by atoms with E-state index in [-0.39, 0.29) is 0 Å². The third kappa shape index (κ3) is 7.69. The Labute approximate surface area is 192 Å². The van der Waals surface area contributed by atoms with E-state index in [1.807, 2.05) is 30.9 Å². The van der Waals surface area contributed by atoms with E-state index < -0.39 is 6.09 Å². The van der Waals surface area contributed by atoms with Crippen molar-refractivity contribution in [2.75, 3.05) is 49.7 Å². The minimum atomic E-state index is -0.408. The zero-order valence-corrected chi connectivity index (χ0v) is 19.6. The molecule has 2 fully saturated rings. The third-order valence-electron chi connectivity index (χ3n) is 6.37. The quantitative estimate of drug-likeness (QED) is 0.536. The summed E-state index contributed by atoms with van der Waals surface area (Å²) < 4.78 is 10.6. The van der Waals surface area contributed by atoms with Gasteiger partial charge in [0.1, 0.15) is 0 Å². The molecule has 0 saturated carbocycles. The SMILES string of the molecule is CC(C)COC(=O)Nc1ccc(N2CCCC(CCCN(C=O)C3CCOCC3)C2)cc1. The lowest BCUT2D eigenvalue weighted by molar-refractivity contribution is -0.122. The first-order valence-electron chi connectivity index (χ1n) is 12.1. The minimum Gasteiger partial charge on any atom is -0.449 e. The summed E-state index contributed by atoms with van der Waals surface area (Å²) in [5.74, 6) is 0.967. The van der Waals surface area contributed by atoms with E-state index in [4.69, 9.17) is 9.47 Å². The van der Waals surface area contributed by atoms with Gasteiger partial charge in [-0.2, -0.15) is 0 Å². The van der Waals surface area contributed by atoms with Gasteiger partial charge < -0.3 is 19.3 Å². The number of nitrogens with one attached hydrogen (secondary N) is 1. The summed E-state index contributed by atoms with van der Waals surface area (Å²) in [6.07, 6.45) is 7.15. The summed E-state index contributed by atoms with van der Waals surface area (Å²) in [7, 11) is 0. The van der Waals surface area contributed by atoms with Gasteiger partial charge in [0.25, 0.3) is 0 Å². The predicted octanol–water partition coefficient (Wildman–Crippen LogP) is 4.53. The number of carbonyl (C=O) groups excluding carboxylic acids is 2. The molecule has 0 aliphatic carbocycles. The number of anilines is 2. The molecule has 2 aliphatic heterocycles. The molecular weight excluding hydrogens is 406 g/mol. The highest BCUT2D eigenvalue weighted by molar-refractivity contribution is 5.84. The molecule has 1 atom stereocenters. The molecule has 1 aromatic rings. The van der Waals surface area contributed by atoms with Crippen LogP contribution in [0.5, 0.6) is 0 Å². The Hall–Kier alpha value is -2.28. The maximum absolute atomic E-state index is 11.8. The number of nitrogens with zero attached hydrogens (tertiary/aromatic N) is 2. The first kappa shape index (κ1) is 24.4. The summed E-state index contributed by atoms with van der Waals surface area (Å²) in [5, 5.41) is 2.79. The summed E-state index contributed by atoms with van der Waals surface area (Å²) in [6, 6.07) is 8.36. The molecule has 0 spiro atoms. The average Bonchev–Trinajstić information content (AvgIpc) is 2.82. The van der Waals surface area contributed by atoms with Gasteiger partial charge >= 0.3 is 6.09 Å². The summed E-state index contributed by atoms with van der Waals surface area (Å²) in [5.41, 5.74) is 1.94. The molecule has 1 aromatic carbocycles. The molecular formula is C25H39N3O4. The number of carbonyl (C=O) groups is 2. The van der Waals surface area contributed by atoms with E-state index in [0.29, 0.717) is 24.5 Å². The van der Waals surface area contributed by atoms with Crippen molar-refractivity contribution >= 4 is 23.9 Å². The van der Waals surface area contributed by atoms with Crippen molar-refractivity contribution in [3.63, 3.8) is 0 Å². The van der Waals surface area contributed by atoms with Crippen molar-refractivity contribution in [2.45, 2.75) is 58.4 Å². The van der Waals surface area contributed by atoms with Crippen LogP contribution >= 0.6 is 0 Å². The van der Waals surface area contributed by atoms with Crippen LogP contribution in [0.3, 0.4) is 0 Å². The van der Waals surface area contributed by atoms with E-state index in [1.165, 1.54) is 18.5 Å². The van der Waals surface area contributed by atoms with Crippen LogP contribution in [0.25, 0.3) is 0 Å². The fraction of sp³-hybridized carbons (Fsp3) is 0.680. The normalized spacial score (nSPS) is 19.6. The minimum absolute atomic E-state index is 0.318. The van der Waals surface area contributed by atoms with Gasteiger partial charge in [-0.25, -0.2) is 4.79 Å². The fourth-order valence-electron chi connectivity index (χ4n) is 4.59. The lowest BCUT2D eigenvalue weighted by atomic mass is 9.92. The molecule has 0 radical (unpaired) electrons. The molecule has 7 nitrogen and oxygen atoms in total. The monoisotopic (exact) mass is 445 g/mol. The molecule has 2 heterocycles. The maximum Gasteiger partial charge on any atom is 0.411 e. The topological polar surface area (TPSA) is 71.1 Å². The van der Waals surface area contributed by atoms with Gasteiger partial charge in [-0.05, 0) is 74.6 Å². The van der Waals surface area contributed by atoms with Crippen molar-refractivity contribution in [3.05, 3.63) is 24.3 Å². The Kier molecular flexibility index (Phi) is 9.65. The van der Waals surface area contributed by atoms with Crippen LogP contribution in [0.1, 0.15) is 52.4 Å². The second kappa shape index (κ2) is 12.7. The highest BCUT2D eigenvalue weighted by atomic mass is 16.5. The van der Waals surface area contributed by atoms with Crippen LogP contribution in [0.15, 0.2) is 24.3 Å². The standard InChI is InChI=1S/C25H39N3O4/c1-20(2)18-32-25(30)26-22-7-9-23(10-8-22)27-13-3-5-21(17-27)6-4-14-28(19-29)24-11-15-31-16-12-24/h7-10,19-21,24H,3-6,11-18H2,1-2H3,(H,26,30). The van der Waals surface area contributed by atoms with E-state index in [0.717, 1.165) is 70.6 Å². The molecule has 0 aromatic heterocycles. The second-order valence-electron chi connectivity index (χ2n) is 9.45. The van der Waals surface area contributed by atoms with Crippen molar-refractivity contribution in [1.29, 1.82) is 0 Å². The highest BCUT2D eigenvalue weighted by Crippen LogP contribution is 2.27. The van der Waals surface area contributed by atoms with Gasteiger partial charge in [0, 0.05) is 50.3 Å². The lowest BCUT2D eigenvalue weighted by Gasteiger charge is -2.35. The average molecular weight is 446 g/mol. The maximum atomic E-state index is 11.8. The molecule has 3 rings (SSSR count). The molecule has 178 valence electrons. The zero-order chi connectivity index (χ0) is 22.8. The molecule has 0 bridgehead atoms. The van der Waals surface area contributed by atoms with Gasteiger partial charge in [-0.15, -0.1) is 0 Å². The van der Waals surface area contributed by atoms with Gasteiger partial charge in [0.2, 0.25) is 6.41 Å². The van der Waals surface area contributed by atoms with Crippen molar-refractivity contribution in [1.82, 2.24) is 4.90 Å². The number of rotatable bonds is 10. The smallest absolute Gasteiger partial charge is 0.411 e. The third-order valence-corrected chi connectivity index (χ3v) is 6.37. The molecule has 2 saturated heterocycles. The highest BCUT2D eigenvalue weighted by Gasteiger charge is 2.23.